The molecule has 11 nitrogen and oxygen atoms in total. The van der Waals surface area contributed by atoms with Crippen molar-refractivity contribution < 1.29 is 33.4 Å². The second-order valence-corrected chi connectivity index (χ2v) is 8.09. The van der Waals surface area contributed by atoms with Gasteiger partial charge in [0.2, 0.25) is 0 Å². The van der Waals surface area contributed by atoms with Crippen LogP contribution in [0.1, 0.15) is 0 Å². The van der Waals surface area contributed by atoms with Crippen LogP contribution in [0.4, 0.5) is 9.59 Å². The van der Waals surface area contributed by atoms with Crippen molar-refractivity contribution in [3.8, 4) is 0 Å². The van der Waals surface area contributed by atoms with Crippen LogP contribution in [0.5, 0.6) is 0 Å². The molecule has 2 aliphatic rings. The fourth-order valence-corrected chi connectivity index (χ4v) is 3.29. The molecule has 2 rings (SSSR count). The Morgan fingerprint density at radius 3 is 1.58 bits per heavy atom. The summed E-state index contributed by atoms with van der Waals surface area (Å²) < 4.78 is 20.6. The first-order valence-corrected chi connectivity index (χ1v) is 9.86. The number of hydrogen-bond acceptors (Lipinski definition) is 9. The highest BCUT2D eigenvalue weighted by atomic mass is 35.5. The molecule has 2 saturated heterocycles. The van der Waals surface area contributed by atoms with Gasteiger partial charge in [0.25, 0.3) is 0 Å². The van der Waals surface area contributed by atoms with Crippen LogP contribution in [0.15, 0.2) is 0 Å². The molecule has 0 aromatic carbocycles. The highest BCUT2D eigenvalue weighted by molar-refractivity contribution is 7.34. The van der Waals surface area contributed by atoms with Crippen LogP contribution in [-0.2, 0) is 13.6 Å². The first-order valence-electron chi connectivity index (χ1n) is 7.02. The SMILES string of the molecule is O=C(O[P+](=O)OC(=O)N1NCC(Cl)C(Cl)C1O)N1NCC(Cl)C(Cl)C1O. The van der Waals surface area contributed by atoms with E-state index >= 15 is 0 Å². The number of aliphatic hydroxyl groups is 2. The molecule has 6 atom stereocenters. The Labute approximate surface area is 168 Å². The number of carbonyl (C=O) groups is 2. The van der Waals surface area contributed by atoms with Crippen LogP contribution in [0, 0.1) is 0 Å². The van der Waals surface area contributed by atoms with Gasteiger partial charge in [-0.15, -0.1) is 46.4 Å². The molecule has 2 aliphatic heterocycles. The molecule has 0 spiro atoms. The van der Waals surface area contributed by atoms with Gasteiger partial charge in [0.15, 0.2) is 12.5 Å². The van der Waals surface area contributed by atoms with Gasteiger partial charge < -0.3 is 10.2 Å². The molecule has 16 heteroatoms. The number of nitrogens with zero attached hydrogens (tertiary/aromatic N) is 2. The second-order valence-electron chi connectivity index (χ2n) is 5.15. The topological polar surface area (TPSA) is 141 Å². The van der Waals surface area contributed by atoms with E-state index in [-0.39, 0.29) is 13.1 Å². The molecule has 0 saturated carbocycles. The zero-order valence-corrected chi connectivity index (χ0v) is 16.6. The van der Waals surface area contributed by atoms with Gasteiger partial charge >= 0.3 is 20.4 Å². The van der Waals surface area contributed by atoms with Crippen LogP contribution < -0.4 is 10.9 Å². The number of carbonyl (C=O) groups excluding carboxylic acids is 2. The number of alkyl halides is 4. The lowest BCUT2D eigenvalue weighted by atomic mass is 10.2. The highest BCUT2D eigenvalue weighted by Gasteiger charge is 2.45. The van der Waals surface area contributed by atoms with Gasteiger partial charge in [0.1, 0.15) is 0 Å². The maximum atomic E-state index is 11.9. The van der Waals surface area contributed by atoms with E-state index in [1.807, 2.05) is 0 Å². The molecule has 0 aromatic heterocycles. The second kappa shape index (κ2) is 9.22. The summed E-state index contributed by atoms with van der Waals surface area (Å²) in [5.74, 6) is 0. The molecule has 2 heterocycles. The largest absolute Gasteiger partial charge is 0.815 e. The van der Waals surface area contributed by atoms with Gasteiger partial charge in [-0.05, 0) is 0 Å². The Morgan fingerprint density at radius 2 is 1.23 bits per heavy atom. The van der Waals surface area contributed by atoms with Crippen LogP contribution in [0.25, 0.3) is 0 Å². The van der Waals surface area contributed by atoms with E-state index in [1.165, 1.54) is 0 Å². The number of hydrogen-bond donors (Lipinski definition) is 4. The Kier molecular flexibility index (Phi) is 7.78. The summed E-state index contributed by atoms with van der Waals surface area (Å²) >= 11 is 23.3. The quantitative estimate of drug-likeness (QED) is 0.335. The molecule has 26 heavy (non-hydrogen) atoms. The Morgan fingerprint density at radius 1 is 0.885 bits per heavy atom. The summed E-state index contributed by atoms with van der Waals surface area (Å²) in [5, 5.41) is 17.4. The van der Waals surface area contributed by atoms with E-state index in [0.717, 1.165) is 0 Å². The Hall–Kier alpha value is -0.360. The van der Waals surface area contributed by atoms with Crippen LogP contribution in [-0.4, -0.2) is 79.5 Å². The van der Waals surface area contributed by atoms with Crippen molar-refractivity contribution in [3.63, 3.8) is 0 Å². The van der Waals surface area contributed by atoms with E-state index in [9.17, 15) is 24.4 Å². The smallest absolute Gasteiger partial charge is 0.370 e. The lowest BCUT2D eigenvalue weighted by Gasteiger charge is -2.36. The third-order valence-electron chi connectivity index (χ3n) is 3.40. The minimum Gasteiger partial charge on any atom is -0.370 e. The van der Waals surface area contributed by atoms with Crippen molar-refractivity contribution in [2.45, 2.75) is 34.0 Å². The van der Waals surface area contributed by atoms with Gasteiger partial charge in [-0.25, -0.2) is 30.5 Å². The lowest BCUT2D eigenvalue weighted by Crippen LogP contribution is -2.62. The molecular weight excluding hydrogens is 461 g/mol. The number of rotatable bonds is 2. The van der Waals surface area contributed by atoms with Crippen molar-refractivity contribution in [3.05, 3.63) is 0 Å². The van der Waals surface area contributed by atoms with Crippen molar-refractivity contribution in [2.75, 3.05) is 13.1 Å². The molecule has 6 unspecified atom stereocenters. The average molecular weight is 475 g/mol. The summed E-state index contributed by atoms with van der Waals surface area (Å²) in [6.45, 7) is 0.0537. The molecule has 0 aromatic rings. The van der Waals surface area contributed by atoms with Gasteiger partial charge in [-0.3, -0.25) is 0 Å². The zero-order chi connectivity index (χ0) is 19.6. The van der Waals surface area contributed by atoms with Crippen LogP contribution in [0.2, 0.25) is 0 Å². The number of aliphatic hydroxyl groups excluding tert-OH is 2. The predicted octanol–water partition coefficient (Wildman–Crippen LogP) is 0.624. The summed E-state index contributed by atoms with van der Waals surface area (Å²) in [6.07, 6.45) is -5.77. The standard InChI is InChI=1S/C10H14Cl4N4O7P/c11-3-1-15-17(7(19)5(3)13)9(21)24-26(23)25-10(22)18-8(20)6(14)4(12)2-16-18/h3-8,15-16,19-20H,1-2H2/q+1. The van der Waals surface area contributed by atoms with E-state index in [2.05, 4.69) is 19.9 Å². The molecule has 4 N–H and O–H groups in total. The summed E-state index contributed by atoms with van der Waals surface area (Å²) in [5.41, 5.74) is 4.83. The van der Waals surface area contributed by atoms with Crippen molar-refractivity contribution in [1.82, 2.24) is 20.9 Å². The molecule has 0 bridgehead atoms. The van der Waals surface area contributed by atoms with Gasteiger partial charge in [-0.1, -0.05) is 0 Å². The normalized spacial score (nSPS) is 35.7. The van der Waals surface area contributed by atoms with E-state index in [1.54, 1.807) is 0 Å². The maximum absolute atomic E-state index is 11.9. The number of halogens is 4. The maximum Gasteiger partial charge on any atom is 0.815 e. The summed E-state index contributed by atoms with van der Waals surface area (Å²) in [4.78, 5) is 23.8. The zero-order valence-electron chi connectivity index (χ0n) is 12.7. The number of amides is 2. The first kappa shape index (κ1) is 21.9. The fraction of sp³-hybridized carbons (Fsp3) is 0.800. The minimum absolute atomic E-state index is 0.0268. The highest BCUT2D eigenvalue weighted by Crippen LogP contribution is 2.30. The number of nitrogens with one attached hydrogen (secondary N) is 2. The molecule has 0 aliphatic carbocycles. The fourth-order valence-electron chi connectivity index (χ4n) is 2.02. The van der Waals surface area contributed by atoms with Crippen molar-refractivity contribution in [1.29, 1.82) is 0 Å². The van der Waals surface area contributed by atoms with E-state index in [0.29, 0.717) is 10.0 Å². The van der Waals surface area contributed by atoms with Gasteiger partial charge in [0, 0.05) is 17.7 Å². The average Bonchev–Trinajstić information content (AvgIpc) is 2.57. The Bertz CT molecular complexity index is 531. The van der Waals surface area contributed by atoms with Gasteiger partial charge in [-0.2, -0.15) is 9.05 Å². The lowest BCUT2D eigenvalue weighted by molar-refractivity contribution is -0.0391. The number of hydrazine groups is 2. The van der Waals surface area contributed by atoms with Crippen LogP contribution >= 0.6 is 54.7 Å². The third-order valence-corrected chi connectivity index (χ3v) is 6.18. The molecule has 148 valence electrons. The van der Waals surface area contributed by atoms with Crippen LogP contribution in [0.3, 0.4) is 0 Å². The Balaban J connectivity index is 1.88. The first-order chi connectivity index (χ1) is 12.1. The monoisotopic (exact) mass is 473 g/mol. The minimum atomic E-state index is -3.28. The molecule has 2 fully saturated rings. The van der Waals surface area contributed by atoms with Gasteiger partial charge in [0.05, 0.1) is 21.5 Å². The predicted molar refractivity (Wildman–Crippen MR) is 90.8 cm³/mol. The van der Waals surface area contributed by atoms with E-state index < -0.39 is 54.4 Å². The third kappa shape index (κ3) is 4.92. The van der Waals surface area contributed by atoms with Crippen molar-refractivity contribution >= 4 is 66.8 Å². The molecular formula is C10H14Cl4N4O7P+. The molecule has 2 amide bonds. The summed E-state index contributed by atoms with van der Waals surface area (Å²) in [7, 11) is -3.28. The summed E-state index contributed by atoms with van der Waals surface area (Å²) in [6, 6.07) is 0. The van der Waals surface area contributed by atoms with E-state index in [4.69, 9.17) is 46.4 Å². The molecule has 0 radical (unpaired) electrons. The van der Waals surface area contributed by atoms with Crippen molar-refractivity contribution in [2.24, 2.45) is 0 Å².